The van der Waals surface area contributed by atoms with Crippen molar-refractivity contribution in [2.45, 2.75) is 20.1 Å². The summed E-state index contributed by atoms with van der Waals surface area (Å²) in [7, 11) is 0. The van der Waals surface area contributed by atoms with Crippen LogP contribution in [0.1, 0.15) is 22.3 Å². The average Bonchev–Trinajstić information content (AvgIpc) is 3.27. The lowest BCUT2D eigenvalue weighted by Gasteiger charge is -2.12. The maximum absolute atomic E-state index is 12.1. The number of hydrogen-bond acceptors (Lipinski definition) is 8. The van der Waals surface area contributed by atoms with Crippen molar-refractivity contribution in [2.24, 2.45) is 0 Å². The van der Waals surface area contributed by atoms with Gasteiger partial charge >= 0.3 is 5.69 Å². The largest absolute Gasteiger partial charge is 0.472 e. The molecule has 0 unspecified atom stereocenters. The van der Waals surface area contributed by atoms with Gasteiger partial charge in [0, 0.05) is 25.4 Å². The Bertz CT molecular complexity index is 1270. The lowest BCUT2D eigenvalue weighted by molar-refractivity contribution is 0.289. The van der Waals surface area contributed by atoms with Crippen LogP contribution >= 0.6 is 0 Å². The second kappa shape index (κ2) is 7.94. The lowest BCUT2D eigenvalue weighted by Crippen LogP contribution is -2.22. The molecule has 0 bridgehead atoms. The highest BCUT2D eigenvalue weighted by molar-refractivity contribution is 5.51. The van der Waals surface area contributed by atoms with Gasteiger partial charge < -0.3 is 14.8 Å². The van der Waals surface area contributed by atoms with Crippen molar-refractivity contribution in [2.75, 3.05) is 11.9 Å². The number of anilines is 1. The number of nitrogens with one attached hydrogen (secondary N) is 1. The van der Waals surface area contributed by atoms with Crippen molar-refractivity contribution in [3.05, 3.63) is 69.4 Å². The van der Waals surface area contributed by atoms with Crippen LogP contribution in [0.4, 0.5) is 5.82 Å². The minimum absolute atomic E-state index is 0.136. The second-order valence-corrected chi connectivity index (χ2v) is 6.61. The summed E-state index contributed by atoms with van der Waals surface area (Å²) in [6.45, 7) is 3.24. The number of rotatable bonds is 5. The third kappa shape index (κ3) is 3.64. The maximum Gasteiger partial charge on any atom is 0.352 e. The molecule has 1 aliphatic heterocycles. The summed E-state index contributed by atoms with van der Waals surface area (Å²) >= 11 is 0. The molecule has 0 spiro atoms. The molecule has 9 heteroatoms. The fraction of sp³-hybridized carbons (Fsp3) is 0.190. The Labute approximate surface area is 171 Å². The monoisotopic (exact) mass is 400 g/mol. The van der Waals surface area contributed by atoms with Gasteiger partial charge in [-0.1, -0.05) is 6.07 Å². The zero-order valence-electron chi connectivity index (χ0n) is 16.0. The molecule has 0 atom stereocenters. The Morgan fingerprint density at radius 1 is 1.23 bits per heavy atom. The molecule has 30 heavy (non-hydrogen) atoms. The van der Waals surface area contributed by atoms with Crippen molar-refractivity contribution in [3.63, 3.8) is 0 Å². The van der Waals surface area contributed by atoms with Crippen LogP contribution < -0.4 is 20.5 Å². The second-order valence-electron chi connectivity index (χ2n) is 6.61. The van der Waals surface area contributed by atoms with Crippen LogP contribution in [-0.4, -0.2) is 21.1 Å². The van der Waals surface area contributed by atoms with E-state index >= 15 is 0 Å². The molecule has 9 nitrogen and oxygen atoms in total. The highest BCUT2D eigenvalue weighted by Gasteiger charge is 2.19. The first-order chi connectivity index (χ1) is 14.6. The van der Waals surface area contributed by atoms with Crippen molar-refractivity contribution in [3.8, 4) is 29.5 Å². The lowest BCUT2D eigenvalue weighted by atomic mass is 10.1. The van der Waals surface area contributed by atoms with E-state index in [0.717, 1.165) is 16.9 Å². The number of pyridine rings is 1. The highest BCUT2D eigenvalue weighted by Crippen LogP contribution is 2.28. The molecule has 2 aromatic heterocycles. The molecule has 3 aromatic rings. The Hall–Kier alpha value is -4.37. The summed E-state index contributed by atoms with van der Waals surface area (Å²) in [6, 6.07) is 10.7. The Balaban J connectivity index is 1.53. The topological polar surface area (TPSA) is 126 Å². The van der Waals surface area contributed by atoms with Crippen LogP contribution in [0.15, 0.2) is 41.5 Å². The van der Waals surface area contributed by atoms with E-state index in [1.807, 2.05) is 13.0 Å². The van der Waals surface area contributed by atoms with Crippen LogP contribution in [0.25, 0.3) is 0 Å². The molecule has 4 rings (SSSR count). The van der Waals surface area contributed by atoms with E-state index in [4.69, 9.17) is 14.7 Å². The first kappa shape index (κ1) is 19.0. The maximum atomic E-state index is 12.1. The molecule has 0 amide bonds. The van der Waals surface area contributed by atoms with Gasteiger partial charge in [0.25, 0.3) is 0 Å². The van der Waals surface area contributed by atoms with Crippen LogP contribution in [0.5, 0.6) is 17.4 Å². The van der Waals surface area contributed by atoms with Gasteiger partial charge in [-0.2, -0.15) is 15.5 Å². The van der Waals surface area contributed by atoms with E-state index < -0.39 is 0 Å². The fourth-order valence-electron chi connectivity index (χ4n) is 3.15. The molecule has 1 aromatic carbocycles. The van der Waals surface area contributed by atoms with Crippen molar-refractivity contribution < 1.29 is 9.47 Å². The predicted molar refractivity (Wildman–Crippen MR) is 106 cm³/mol. The molecule has 148 valence electrons. The molecule has 0 radical (unpaired) electrons. The number of aromatic nitrogens is 3. The Morgan fingerprint density at radius 3 is 2.90 bits per heavy atom. The smallest absolute Gasteiger partial charge is 0.352 e. The van der Waals surface area contributed by atoms with Gasteiger partial charge in [-0.05, 0) is 24.6 Å². The van der Waals surface area contributed by atoms with Gasteiger partial charge in [0.05, 0.1) is 22.9 Å². The number of nitrogens with zero attached hydrogens (tertiary/aromatic N) is 5. The molecule has 0 saturated heterocycles. The molecular formula is C21H16N6O3. The summed E-state index contributed by atoms with van der Waals surface area (Å²) in [4.78, 5) is 20.1. The van der Waals surface area contributed by atoms with E-state index in [-0.39, 0.29) is 18.2 Å². The van der Waals surface area contributed by atoms with Gasteiger partial charge in [-0.3, -0.25) is 9.55 Å². The molecule has 0 fully saturated rings. The Morgan fingerprint density at radius 2 is 2.10 bits per heavy atom. The number of fused-ring (bicyclic) bond motifs is 1. The molecule has 1 N–H and O–H groups in total. The van der Waals surface area contributed by atoms with Crippen LogP contribution in [-0.2, 0) is 13.2 Å². The highest BCUT2D eigenvalue weighted by atomic mass is 16.5. The first-order valence-electron chi connectivity index (χ1n) is 9.13. The molecule has 1 aliphatic rings. The third-order valence-electron chi connectivity index (χ3n) is 4.61. The van der Waals surface area contributed by atoms with Crippen LogP contribution in [0.2, 0.25) is 0 Å². The standard InChI is InChI=1S/C21H16N6O3/c1-13-19-25-4-5-27(19)21(28)26-20(13)29-12-14-2-3-18(16(6-14)9-23)30-17-7-15(8-22)10-24-11-17/h2-3,6-7,10-11,25H,4-5,12H2,1H3. The van der Waals surface area contributed by atoms with E-state index in [0.29, 0.717) is 35.7 Å². The van der Waals surface area contributed by atoms with E-state index in [2.05, 4.69) is 21.4 Å². The van der Waals surface area contributed by atoms with Gasteiger partial charge in [-0.25, -0.2) is 4.79 Å². The molecular weight excluding hydrogens is 384 g/mol. The van der Waals surface area contributed by atoms with E-state index in [1.165, 1.54) is 12.4 Å². The van der Waals surface area contributed by atoms with Gasteiger partial charge in [0.2, 0.25) is 5.88 Å². The third-order valence-corrected chi connectivity index (χ3v) is 4.61. The van der Waals surface area contributed by atoms with Crippen molar-refractivity contribution >= 4 is 5.82 Å². The number of hydrogen-bond donors (Lipinski definition) is 1. The molecule has 3 heterocycles. The molecule has 0 aliphatic carbocycles. The van der Waals surface area contributed by atoms with E-state index in [1.54, 1.807) is 28.8 Å². The van der Waals surface area contributed by atoms with Crippen molar-refractivity contribution in [1.82, 2.24) is 14.5 Å². The molecule has 0 saturated carbocycles. The fourth-order valence-corrected chi connectivity index (χ4v) is 3.15. The average molecular weight is 400 g/mol. The van der Waals surface area contributed by atoms with Gasteiger partial charge in [0.1, 0.15) is 36.1 Å². The quantitative estimate of drug-likeness (QED) is 0.692. The summed E-state index contributed by atoms with van der Waals surface area (Å²) < 4.78 is 13.0. The van der Waals surface area contributed by atoms with Crippen LogP contribution in [0, 0.1) is 29.6 Å². The SMILES string of the molecule is Cc1c(OCc2ccc(Oc3cncc(C#N)c3)c(C#N)c2)nc(=O)n2c1NCC2. The predicted octanol–water partition coefficient (Wildman–Crippen LogP) is 2.49. The van der Waals surface area contributed by atoms with E-state index in [9.17, 15) is 10.1 Å². The summed E-state index contributed by atoms with van der Waals surface area (Å²) in [5.74, 6) is 1.69. The zero-order valence-corrected chi connectivity index (χ0v) is 16.0. The van der Waals surface area contributed by atoms with Gasteiger partial charge in [-0.15, -0.1) is 0 Å². The Kier molecular flexibility index (Phi) is 5.02. The number of ether oxygens (including phenoxy) is 2. The normalized spacial score (nSPS) is 11.7. The van der Waals surface area contributed by atoms with Gasteiger partial charge in [0.15, 0.2) is 0 Å². The zero-order chi connectivity index (χ0) is 21.1. The summed E-state index contributed by atoms with van der Waals surface area (Å²) in [6.07, 6.45) is 2.89. The first-order valence-corrected chi connectivity index (χ1v) is 9.13. The number of nitriles is 2. The van der Waals surface area contributed by atoms with Crippen LogP contribution in [0.3, 0.4) is 0 Å². The number of benzene rings is 1. The summed E-state index contributed by atoms with van der Waals surface area (Å²) in [5, 5.41) is 21.6. The summed E-state index contributed by atoms with van der Waals surface area (Å²) in [5.41, 5.74) is 1.79. The van der Waals surface area contributed by atoms with Crippen molar-refractivity contribution in [1.29, 1.82) is 10.5 Å². The minimum atomic E-state index is -0.356. The minimum Gasteiger partial charge on any atom is -0.472 e.